The van der Waals surface area contributed by atoms with Gasteiger partial charge in [-0.05, 0) is 61.7 Å². The molecule has 7 heteroatoms. The summed E-state index contributed by atoms with van der Waals surface area (Å²) in [5.74, 6) is 0.751. The molecule has 1 aliphatic rings. The van der Waals surface area contributed by atoms with Crippen LogP contribution in [0.15, 0.2) is 53.1 Å². The lowest BCUT2D eigenvalue weighted by Gasteiger charge is -2.23. The van der Waals surface area contributed by atoms with Crippen LogP contribution in [0.5, 0.6) is 0 Å². The van der Waals surface area contributed by atoms with Crippen molar-refractivity contribution in [3.63, 3.8) is 0 Å². The Kier molecular flexibility index (Phi) is 4.32. The van der Waals surface area contributed by atoms with Crippen molar-refractivity contribution in [2.75, 3.05) is 13.1 Å². The fourth-order valence-corrected chi connectivity index (χ4v) is 3.38. The van der Waals surface area contributed by atoms with E-state index >= 15 is 0 Å². The first-order chi connectivity index (χ1) is 12.5. The second-order valence-corrected chi connectivity index (χ2v) is 6.42. The van der Waals surface area contributed by atoms with Crippen molar-refractivity contribution >= 4 is 0 Å². The van der Waals surface area contributed by atoms with Crippen LogP contribution in [0, 0.1) is 0 Å². The molecule has 0 spiro atoms. The van der Waals surface area contributed by atoms with E-state index in [9.17, 15) is 13.2 Å². The number of alkyl halides is 3. The molecule has 136 valence electrons. The summed E-state index contributed by atoms with van der Waals surface area (Å²) in [6, 6.07) is 11.9. The Balaban J connectivity index is 1.78. The van der Waals surface area contributed by atoms with Crippen LogP contribution < -0.4 is 5.32 Å². The Bertz CT molecular complexity index is 878. The fourth-order valence-electron chi connectivity index (χ4n) is 3.38. The lowest BCUT2D eigenvalue weighted by molar-refractivity contribution is -0.141. The summed E-state index contributed by atoms with van der Waals surface area (Å²) in [5.41, 5.74) is 1.07. The molecule has 0 amide bonds. The number of nitrogens with zero attached hydrogens (tertiary/aromatic N) is 2. The van der Waals surface area contributed by atoms with Crippen LogP contribution in [-0.2, 0) is 6.18 Å². The molecule has 1 saturated heterocycles. The summed E-state index contributed by atoms with van der Waals surface area (Å²) in [6.45, 7) is 1.90. The number of nitrogens with one attached hydrogen (secondary N) is 1. The van der Waals surface area contributed by atoms with Crippen LogP contribution in [-0.4, -0.2) is 22.9 Å². The average molecular weight is 361 g/mol. The standard InChI is InChI=1S/C19H18F3N3O/c20-19(21,22)18-12-16(17-5-2-10-26-17)25(24-18)15-4-1-3-14(11-15)13-6-8-23-9-7-13/h1-5,10-13,23H,6-9H2. The molecule has 0 radical (unpaired) electrons. The van der Waals surface area contributed by atoms with Gasteiger partial charge in [0.25, 0.3) is 0 Å². The molecule has 26 heavy (non-hydrogen) atoms. The lowest BCUT2D eigenvalue weighted by atomic mass is 9.90. The second kappa shape index (κ2) is 6.64. The number of rotatable bonds is 3. The Morgan fingerprint density at radius 1 is 1.08 bits per heavy atom. The van der Waals surface area contributed by atoms with Crippen molar-refractivity contribution in [3.05, 3.63) is 60.0 Å². The highest BCUT2D eigenvalue weighted by atomic mass is 19.4. The Hall–Kier alpha value is -2.54. The molecule has 4 nitrogen and oxygen atoms in total. The number of hydrogen-bond donors (Lipinski definition) is 1. The van der Waals surface area contributed by atoms with Gasteiger partial charge in [0.05, 0.1) is 12.0 Å². The quantitative estimate of drug-likeness (QED) is 0.740. The number of hydrogen-bond acceptors (Lipinski definition) is 3. The van der Waals surface area contributed by atoms with E-state index in [1.54, 1.807) is 18.2 Å². The molecule has 2 aromatic heterocycles. The molecule has 4 rings (SSSR count). The SMILES string of the molecule is FC(F)(F)c1cc(-c2ccco2)n(-c2cccc(C3CCNCC3)c2)n1. The minimum Gasteiger partial charge on any atom is -0.463 e. The van der Waals surface area contributed by atoms with E-state index in [2.05, 4.69) is 10.4 Å². The third-order valence-corrected chi connectivity index (χ3v) is 4.70. The van der Waals surface area contributed by atoms with Gasteiger partial charge >= 0.3 is 6.18 Å². The van der Waals surface area contributed by atoms with Gasteiger partial charge in [0, 0.05) is 6.07 Å². The summed E-state index contributed by atoms with van der Waals surface area (Å²) in [6.07, 6.45) is -1.05. The van der Waals surface area contributed by atoms with Crippen molar-refractivity contribution in [3.8, 4) is 17.1 Å². The molecule has 0 unspecified atom stereocenters. The Labute approximate surface area is 148 Å². The van der Waals surface area contributed by atoms with Gasteiger partial charge in [-0.3, -0.25) is 0 Å². The van der Waals surface area contributed by atoms with Gasteiger partial charge in [-0.15, -0.1) is 0 Å². The highest BCUT2D eigenvalue weighted by molar-refractivity contribution is 5.57. The molecule has 0 saturated carbocycles. The fraction of sp³-hybridized carbons (Fsp3) is 0.316. The summed E-state index contributed by atoms with van der Waals surface area (Å²) in [5, 5.41) is 7.14. The molecule has 1 N–H and O–H groups in total. The van der Waals surface area contributed by atoms with Crippen molar-refractivity contribution in [1.29, 1.82) is 0 Å². The molecular formula is C19H18F3N3O. The van der Waals surface area contributed by atoms with Gasteiger partial charge in [0.15, 0.2) is 11.5 Å². The maximum Gasteiger partial charge on any atom is 0.435 e. The van der Waals surface area contributed by atoms with Crippen LogP contribution in [0.25, 0.3) is 17.1 Å². The maximum absolute atomic E-state index is 13.2. The molecule has 0 bridgehead atoms. The van der Waals surface area contributed by atoms with Crippen LogP contribution in [0.3, 0.4) is 0 Å². The number of aromatic nitrogens is 2. The number of benzene rings is 1. The van der Waals surface area contributed by atoms with Crippen LogP contribution in [0.4, 0.5) is 13.2 Å². The maximum atomic E-state index is 13.2. The van der Waals surface area contributed by atoms with Gasteiger partial charge < -0.3 is 9.73 Å². The minimum absolute atomic E-state index is 0.282. The molecule has 0 aliphatic carbocycles. The van der Waals surface area contributed by atoms with E-state index < -0.39 is 11.9 Å². The topological polar surface area (TPSA) is 43.0 Å². The summed E-state index contributed by atoms with van der Waals surface area (Å²) >= 11 is 0. The van der Waals surface area contributed by atoms with Gasteiger partial charge in [-0.2, -0.15) is 18.3 Å². The zero-order chi connectivity index (χ0) is 18.1. The van der Waals surface area contributed by atoms with Crippen molar-refractivity contribution in [2.24, 2.45) is 0 Å². The summed E-state index contributed by atoms with van der Waals surface area (Å²) in [7, 11) is 0. The predicted octanol–water partition coefficient (Wildman–Crippen LogP) is 4.62. The van der Waals surface area contributed by atoms with Crippen LogP contribution in [0.1, 0.15) is 30.0 Å². The third-order valence-electron chi connectivity index (χ3n) is 4.70. The van der Waals surface area contributed by atoms with Gasteiger partial charge in [-0.25, -0.2) is 4.68 Å². The molecular weight excluding hydrogens is 343 g/mol. The Morgan fingerprint density at radius 2 is 1.88 bits per heavy atom. The zero-order valence-electron chi connectivity index (χ0n) is 14.0. The first kappa shape index (κ1) is 16.9. The van der Waals surface area contributed by atoms with E-state index in [1.165, 1.54) is 10.9 Å². The molecule has 3 aromatic rings. The van der Waals surface area contributed by atoms with Crippen molar-refractivity contribution < 1.29 is 17.6 Å². The van der Waals surface area contributed by atoms with E-state index in [0.717, 1.165) is 37.6 Å². The van der Waals surface area contributed by atoms with Crippen molar-refractivity contribution in [2.45, 2.75) is 24.9 Å². The first-order valence-electron chi connectivity index (χ1n) is 8.54. The van der Waals surface area contributed by atoms with E-state index in [4.69, 9.17) is 4.42 Å². The van der Waals surface area contributed by atoms with Crippen LogP contribution in [0.2, 0.25) is 0 Å². The largest absolute Gasteiger partial charge is 0.463 e. The van der Waals surface area contributed by atoms with Crippen molar-refractivity contribution in [1.82, 2.24) is 15.1 Å². The van der Waals surface area contributed by atoms with Gasteiger partial charge in [0.1, 0.15) is 5.69 Å². The lowest BCUT2D eigenvalue weighted by Crippen LogP contribution is -2.26. The molecule has 1 aliphatic heterocycles. The highest BCUT2D eigenvalue weighted by Gasteiger charge is 2.35. The van der Waals surface area contributed by atoms with Gasteiger partial charge in [0.2, 0.25) is 0 Å². The third kappa shape index (κ3) is 3.26. The summed E-state index contributed by atoms with van der Waals surface area (Å²) < 4.78 is 46.2. The normalized spacial score (nSPS) is 16.1. The minimum atomic E-state index is -4.51. The van der Waals surface area contributed by atoms with E-state index in [1.807, 2.05) is 18.2 Å². The molecule has 1 aromatic carbocycles. The first-order valence-corrected chi connectivity index (χ1v) is 8.54. The number of piperidine rings is 1. The number of furan rings is 1. The van der Waals surface area contributed by atoms with Gasteiger partial charge in [-0.1, -0.05) is 12.1 Å². The molecule has 0 atom stereocenters. The smallest absolute Gasteiger partial charge is 0.435 e. The Morgan fingerprint density at radius 3 is 2.58 bits per heavy atom. The average Bonchev–Trinajstić information content (AvgIpc) is 3.31. The van der Waals surface area contributed by atoms with E-state index in [0.29, 0.717) is 17.4 Å². The van der Waals surface area contributed by atoms with Crippen LogP contribution >= 0.6 is 0 Å². The molecule has 3 heterocycles. The second-order valence-electron chi connectivity index (χ2n) is 6.42. The predicted molar refractivity (Wildman–Crippen MR) is 91.1 cm³/mol. The number of halogens is 3. The monoisotopic (exact) mass is 361 g/mol. The zero-order valence-corrected chi connectivity index (χ0v) is 14.0. The molecule has 1 fully saturated rings. The highest BCUT2D eigenvalue weighted by Crippen LogP contribution is 2.34. The van der Waals surface area contributed by atoms with E-state index in [-0.39, 0.29) is 5.69 Å². The summed E-state index contributed by atoms with van der Waals surface area (Å²) in [4.78, 5) is 0.